The topological polar surface area (TPSA) is 38.1 Å². The van der Waals surface area contributed by atoms with Gasteiger partial charge in [-0.2, -0.15) is 5.10 Å². The standard InChI is InChI=1S/C16H22N2O/c1-13(2)10-16(19)9-8-14-11-17-18(12-14)15-6-4-3-5-7-15/h3-7,11-13,16,19H,8-10H2,1-2H3. The third-order valence-corrected chi connectivity index (χ3v) is 3.17. The molecule has 0 aliphatic carbocycles. The number of aryl methyl sites for hydroxylation is 1. The molecule has 0 spiro atoms. The zero-order valence-corrected chi connectivity index (χ0v) is 11.7. The van der Waals surface area contributed by atoms with E-state index in [1.165, 1.54) is 5.56 Å². The van der Waals surface area contributed by atoms with Crippen molar-refractivity contribution >= 4 is 0 Å². The molecule has 0 aliphatic heterocycles. The Labute approximate surface area is 114 Å². The molecule has 2 aromatic rings. The van der Waals surface area contributed by atoms with Crippen LogP contribution >= 0.6 is 0 Å². The summed E-state index contributed by atoms with van der Waals surface area (Å²) >= 11 is 0. The minimum absolute atomic E-state index is 0.208. The van der Waals surface area contributed by atoms with Gasteiger partial charge in [-0.25, -0.2) is 4.68 Å². The summed E-state index contributed by atoms with van der Waals surface area (Å²) in [5, 5.41) is 14.2. The van der Waals surface area contributed by atoms with Crippen molar-refractivity contribution in [2.45, 2.75) is 39.2 Å². The van der Waals surface area contributed by atoms with Gasteiger partial charge in [-0.1, -0.05) is 32.0 Å². The lowest BCUT2D eigenvalue weighted by atomic mass is 10.0. The van der Waals surface area contributed by atoms with E-state index >= 15 is 0 Å². The number of hydrogen-bond acceptors (Lipinski definition) is 2. The maximum Gasteiger partial charge on any atom is 0.0645 e. The molecular weight excluding hydrogens is 236 g/mol. The first-order valence-electron chi connectivity index (χ1n) is 6.92. The molecule has 102 valence electrons. The first-order chi connectivity index (χ1) is 9.15. The molecule has 0 saturated carbocycles. The largest absolute Gasteiger partial charge is 0.393 e. The quantitative estimate of drug-likeness (QED) is 0.864. The van der Waals surface area contributed by atoms with Crippen LogP contribution in [-0.2, 0) is 6.42 Å². The number of rotatable bonds is 6. The lowest BCUT2D eigenvalue weighted by molar-refractivity contribution is 0.140. The van der Waals surface area contributed by atoms with Gasteiger partial charge in [0.25, 0.3) is 0 Å². The first kappa shape index (κ1) is 13.8. The second-order valence-electron chi connectivity index (χ2n) is 5.45. The summed E-state index contributed by atoms with van der Waals surface area (Å²) in [6, 6.07) is 10.1. The second-order valence-corrected chi connectivity index (χ2v) is 5.45. The molecule has 2 rings (SSSR count). The van der Waals surface area contributed by atoms with Gasteiger partial charge in [-0.3, -0.25) is 0 Å². The molecule has 1 atom stereocenters. The summed E-state index contributed by atoms with van der Waals surface area (Å²) in [6.07, 6.45) is 6.26. The van der Waals surface area contributed by atoms with Gasteiger partial charge in [-0.15, -0.1) is 0 Å². The van der Waals surface area contributed by atoms with Crippen LogP contribution in [0.2, 0.25) is 0 Å². The third-order valence-electron chi connectivity index (χ3n) is 3.17. The molecule has 1 heterocycles. The molecule has 1 aromatic carbocycles. The van der Waals surface area contributed by atoms with Gasteiger partial charge < -0.3 is 5.11 Å². The zero-order valence-electron chi connectivity index (χ0n) is 11.7. The lowest BCUT2D eigenvalue weighted by Crippen LogP contribution is -2.10. The van der Waals surface area contributed by atoms with E-state index in [1.54, 1.807) is 0 Å². The number of aromatic nitrogens is 2. The lowest BCUT2D eigenvalue weighted by Gasteiger charge is -2.11. The van der Waals surface area contributed by atoms with E-state index in [2.05, 4.69) is 18.9 Å². The van der Waals surface area contributed by atoms with Crippen LogP contribution in [0.4, 0.5) is 0 Å². The normalized spacial score (nSPS) is 12.8. The SMILES string of the molecule is CC(C)CC(O)CCc1cnn(-c2ccccc2)c1. The van der Waals surface area contributed by atoms with E-state index in [-0.39, 0.29) is 6.10 Å². The summed E-state index contributed by atoms with van der Waals surface area (Å²) in [4.78, 5) is 0. The molecule has 0 aliphatic rings. The van der Waals surface area contributed by atoms with Crippen molar-refractivity contribution in [2.75, 3.05) is 0 Å². The second kappa shape index (κ2) is 6.53. The summed E-state index contributed by atoms with van der Waals surface area (Å²) in [6.45, 7) is 4.27. The molecular formula is C16H22N2O. The molecule has 0 radical (unpaired) electrons. The molecule has 1 aromatic heterocycles. The molecule has 0 saturated heterocycles. The Balaban J connectivity index is 1.91. The summed E-state index contributed by atoms with van der Waals surface area (Å²) < 4.78 is 1.88. The van der Waals surface area contributed by atoms with E-state index in [9.17, 15) is 5.11 Å². The van der Waals surface area contributed by atoms with Gasteiger partial charge in [0.15, 0.2) is 0 Å². The van der Waals surface area contributed by atoms with Crippen LogP contribution in [0.15, 0.2) is 42.7 Å². The molecule has 0 fully saturated rings. The molecule has 1 unspecified atom stereocenters. The van der Waals surface area contributed by atoms with Gasteiger partial charge in [0, 0.05) is 6.20 Å². The average Bonchev–Trinajstić information content (AvgIpc) is 2.85. The minimum Gasteiger partial charge on any atom is -0.393 e. The minimum atomic E-state index is -0.208. The van der Waals surface area contributed by atoms with Crippen LogP contribution in [0.25, 0.3) is 5.69 Å². The number of aliphatic hydroxyl groups is 1. The molecule has 3 nitrogen and oxygen atoms in total. The van der Waals surface area contributed by atoms with Crippen molar-refractivity contribution in [3.63, 3.8) is 0 Å². The molecule has 0 bridgehead atoms. The number of benzene rings is 1. The smallest absolute Gasteiger partial charge is 0.0645 e. The fraction of sp³-hybridized carbons (Fsp3) is 0.438. The Morgan fingerprint density at radius 3 is 2.63 bits per heavy atom. The Hall–Kier alpha value is -1.61. The summed E-state index contributed by atoms with van der Waals surface area (Å²) in [5.74, 6) is 0.544. The Morgan fingerprint density at radius 1 is 1.21 bits per heavy atom. The number of para-hydroxylation sites is 1. The highest BCUT2D eigenvalue weighted by atomic mass is 16.3. The van der Waals surface area contributed by atoms with E-state index < -0.39 is 0 Å². The van der Waals surface area contributed by atoms with Gasteiger partial charge in [0.1, 0.15) is 0 Å². The van der Waals surface area contributed by atoms with Crippen LogP contribution in [0.3, 0.4) is 0 Å². The van der Waals surface area contributed by atoms with Crippen LogP contribution in [0, 0.1) is 5.92 Å². The predicted molar refractivity (Wildman–Crippen MR) is 77.3 cm³/mol. The van der Waals surface area contributed by atoms with Crippen molar-refractivity contribution in [2.24, 2.45) is 5.92 Å². The van der Waals surface area contributed by atoms with E-state index in [0.717, 1.165) is 24.9 Å². The Morgan fingerprint density at radius 2 is 1.95 bits per heavy atom. The van der Waals surface area contributed by atoms with Crippen molar-refractivity contribution in [1.82, 2.24) is 9.78 Å². The fourth-order valence-electron chi connectivity index (χ4n) is 2.21. The van der Waals surface area contributed by atoms with Crippen molar-refractivity contribution in [3.05, 3.63) is 48.3 Å². The van der Waals surface area contributed by atoms with Gasteiger partial charge >= 0.3 is 0 Å². The molecule has 0 amide bonds. The van der Waals surface area contributed by atoms with E-state index in [4.69, 9.17) is 0 Å². The van der Waals surface area contributed by atoms with Gasteiger partial charge in [0.2, 0.25) is 0 Å². The number of aliphatic hydroxyl groups excluding tert-OH is 1. The van der Waals surface area contributed by atoms with Gasteiger partial charge in [0.05, 0.1) is 18.0 Å². The zero-order chi connectivity index (χ0) is 13.7. The summed E-state index contributed by atoms with van der Waals surface area (Å²) in [5.41, 5.74) is 2.24. The van der Waals surface area contributed by atoms with Crippen LogP contribution in [0.1, 0.15) is 32.3 Å². The Kier molecular flexibility index (Phi) is 4.74. The van der Waals surface area contributed by atoms with E-state index in [0.29, 0.717) is 5.92 Å². The molecule has 3 heteroatoms. The average molecular weight is 258 g/mol. The Bertz CT molecular complexity index is 490. The van der Waals surface area contributed by atoms with E-state index in [1.807, 2.05) is 47.4 Å². The predicted octanol–water partition coefficient (Wildman–Crippen LogP) is 3.21. The number of hydrogen-bond donors (Lipinski definition) is 1. The summed E-state index contributed by atoms with van der Waals surface area (Å²) in [7, 11) is 0. The van der Waals surface area contributed by atoms with Crippen LogP contribution < -0.4 is 0 Å². The monoisotopic (exact) mass is 258 g/mol. The maximum absolute atomic E-state index is 9.88. The maximum atomic E-state index is 9.88. The number of nitrogens with zero attached hydrogens (tertiary/aromatic N) is 2. The molecule has 19 heavy (non-hydrogen) atoms. The highest BCUT2D eigenvalue weighted by Crippen LogP contribution is 2.13. The molecule has 1 N–H and O–H groups in total. The van der Waals surface area contributed by atoms with Crippen molar-refractivity contribution < 1.29 is 5.11 Å². The van der Waals surface area contributed by atoms with Crippen molar-refractivity contribution in [3.8, 4) is 5.69 Å². The highest BCUT2D eigenvalue weighted by Gasteiger charge is 2.08. The third kappa shape index (κ3) is 4.21. The van der Waals surface area contributed by atoms with Crippen LogP contribution in [-0.4, -0.2) is 21.0 Å². The van der Waals surface area contributed by atoms with Crippen LogP contribution in [0.5, 0.6) is 0 Å². The first-order valence-corrected chi connectivity index (χ1v) is 6.92. The fourth-order valence-corrected chi connectivity index (χ4v) is 2.21. The van der Waals surface area contributed by atoms with Gasteiger partial charge in [-0.05, 0) is 42.9 Å². The highest BCUT2D eigenvalue weighted by molar-refractivity contribution is 5.30. The van der Waals surface area contributed by atoms with Crippen molar-refractivity contribution in [1.29, 1.82) is 0 Å².